The molecule has 112 valence electrons. The van der Waals surface area contributed by atoms with E-state index in [4.69, 9.17) is 5.26 Å². The molecule has 0 heterocycles. The van der Waals surface area contributed by atoms with E-state index < -0.39 is 17.5 Å². The number of nitriles is 1. The van der Waals surface area contributed by atoms with Crippen LogP contribution in [-0.2, 0) is 4.79 Å². The van der Waals surface area contributed by atoms with Crippen molar-refractivity contribution in [1.29, 1.82) is 5.26 Å². The number of urea groups is 1. The summed E-state index contributed by atoms with van der Waals surface area (Å²) in [5.41, 5.74) is -0.740. The fourth-order valence-corrected chi connectivity index (χ4v) is 2.21. The summed E-state index contributed by atoms with van der Waals surface area (Å²) in [7, 11) is 0. The van der Waals surface area contributed by atoms with Gasteiger partial charge >= 0.3 is 12.0 Å². The van der Waals surface area contributed by atoms with Crippen molar-refractivity contribution in [2.75, 3.05) is 5.32 Å². The molecule has 0 aliphatic rings. The Labute approximate surface area is 131 Å². The molecule has 0 aliphatic carbocycles. The molecule has 0 fully saturated rings. The van der Waals surface area contributed by atoms with E-state index in [0.29, 0.717) is 23.0 Å². The van der Waals surface area contributed by atoms with Gasteiger partial charge in [0.05, 0.1) is 11.3 Å². The molecule has 0 saturated heterocycles. The minimum absolute atomic E-state index is 0.284. The van der Waals surface area contributed by atoms with Crippen molar-refractivity contribution in [3.8, 4) is 6.07 Å². The van der Waals surface area contributed by atoms with Crippen LogP contribution >= 0.6 is 15.9 Å². The first-order valence-corrected chi connectivity index (χ1v) is 7.14. The van der Waals surface area contributed by atoms with Gasteiger partial charge in [0.25, 0.3) is 0 Å². The highest BCUT2D eigenvalue weighted by Gasteiger charge is 2.33. The van der Waals surface area contributed by atoms with Crippen LogP contribution in [0.1, 0.15) is 32.3 Å². The Balaban J connectivity index is 2.87. The molecule has 21 heavy (non-hydrogen) atoms. The number of halogens is 1. The molecule has 0 spiro atoms. The summed E-state index contributed by atoms with van der Waals surface area (Å²) in [6.45, 7) is 3.29. The molecule has 0 bridgehead atoms. The maximum atomic E-state index is 12.0. The molecule has 1 rings (SSSR count). The second kappa shape index (κ2) is 7.09. The van der Waals surface area contributed by atoms with Gasteiger partial charge in [-0.05, 0) is 31.5 Å². The number of benzene rings is 1. The van der Waals surface area contributed by atoms with Gasteiger partial charge in [-0.1, -0.05) is 29.3 Å². The van der Waals surface area contributed by atoms with Crippen molar-refractivity contribution in [3.63, 3.8) is 0 Å². The van der Waals surface area contributed by atoms with Crippen molar-refractivity contribution >= 4 is 33.6 Å². The SMILES string of the molecule is CCCC(C)(NC(=O)Nc1ccc(Br)cc1C#N)C(=O)O. The Bertz CT molecular complexity index is 598. The zero-order valence-corrected chi connectivity index (χ0v) is 13.3. The fourth-order valence-electron chi connectivity index (χ4n) is 1.85. The number of nitrogens with zero attached hydrogens (tertiary/aromatic N) is 1. The molecule has 6 nitrogen and oxygen atoms in total. The zero-order valence-electron chi connectivity index (χ0n) is 11.7. The number of carboxylic acids is 1. The van der Waals surface area contributed by atoms with Crippen molar-refractivity contribution in [2.24, 2.45) is 0 Å². The molecule has 3 N–H and O–H groups in total. The Morgan fingerprint density at radius 1 is 1.48 bits per heavy atom. The largest absolute Gasteiger partial charge is 0.480 e. The minimum atomic E-state index is -1.35. The number of hydrogen-bond donors (Lipinski definition) is 3. The smallest absolute Gasteiger partial charge is 0.329 e. The van der Waals surface area contributed by atoms with E-state index in [0.717, 1.165) is 0 Å². The zero-order chi connectivity index (χ0) is 16.0. The maximum Gasteiger partial charge on any atom is 0.329 e. The van der Waals surface area contributed by atoms with Gasteiger partial charge in [-0.15, -0.1) is 0 Å². The lowest BCUT2D eigenvalue weighted by Crippen LogP contribution is -2.53. The van der Waals surface area contributed by atoms with E-state index in [1.807, 2.05) is 13.0 Å². The van der Waals surface area contributed by atoms with Crippen LogP contribution in [0.4, 0.5) is 10.5 Å². The van der Waals surface area contributed by atoms with Crippen LogP contribution in [-0.4, -0.2) is 22.6 Å². The third kappa shape index (κ3) is 4.46. The van der Waals surface area contributed by atoms with Gasteiger partial charge in [0.1, 0.15) is 11.6 Å². The predicted molar refractivity (Wildman–Crippen MR) is 82.0 cm³/mol. The van der Waals surface area contributed by atoms with Crippen molar-refractivity contribution in [2.45, 2.75) is 32.2 Å². The first-order valence-electron chi connectivity index (χ1n) is 6.34. The summed E-state index contributed by atoms with van der Waals surface area (Å²) < 4.78 is 0.714. The van der Waals surface area contributed by atoms with Crippen molar-refractivity contribution < 1.29 is 14.7 Å². The summed E-state index contributed by atoms with van der Waals surface area (Å²) in [6.07, 6.45) is 0.923. The number of nitrogens with one attached hydrogen (secondary N) is 2. The highest BCUT2D eigenvalue weighted by atomic mass is 79.9. The number of rotatable bonds is 5. The predicted octanol–water partition coefficient (Wildman–Crippen LogP) is 3.09. The molecule has 0 radical (unpaired) electrons. The molecule has 0 aromatic heterocycles. The van der Waals surface area contributed by atoms with Crippen LogP contribution in [0.3, 0.4) is 0 Å². The van der Waals surface area contributed by atoms with E-state index in [-0.39, 0.29) is 5.56 Å². The number of anilines is 1. The summed E-state index contributed by atoms with van der Waals surface area (Å²) in [6, 6.07) is 6.12. The summed E-state index contributed by atoms with van der Waals surface area (Å²) in [5, 5.41) is 23.2. The lowest BCUT2D eigenvalue weighted by molar-refractivity contribution is -0.143. The quantitative estimate of drug-likeness (QED) is 0.756. The minimum Gasteiger partial charge on any atom is -0.480 e. The Hall–Kier alpha value is -2.07. The van der Waals surface area contributed by atoms with Gasteiger partial charge in [-0.2, -0.15) is 5.26 Å². The van der Waals surface area contributed by atoms with Gasteiger partial charge in [0, 0.05) is 4.47 Å². The molecule has 0 aliphatic heterocycles. The molecule has 0 saturated carbocycles. The van der Waals surface area contributed by atoms with Crippen LogP contribution in [0, 0.1) is 11.3 Å². The highest BCUT2D eigenvalue weighted by molar-refractivity contribution is 9.10. The fraction of sp³-hybridized carbons (Fsp3) is 0.357. The first kappa shape index (κ1) is 17.0. The average molecular weight is 354 g/mol. The first-order chi connectivity index (χ1) is 9.82. The summed E-state index contributed by atoms with van der Waals surface area (Å²) in [4.78, 5) is 23.2. The number of carbonyl (C=O) groups is 2. The topological polar surface area (TPSA) is 102 Å². The van der Waals surface area contributed by atoms with E-state index >= 15 is 0 Å². The van der Waals surface area contributed by atoms with Gasteiger partial charge in [-0.3, -0.25) is 0 Å². The van der Waals surface area contributed by atoms with Crippen LogP contribution < -0.4 is 10.6 Å². The van der Waals surface area contributed by atoms with E-state index in [9.17, 15) is 14.7 Å². The van der Waals surface area contributed by atoms with E-state index in [2.05, 4.69) is 26.6 Å². The Morgan fingerprint density at radius 3 is 2.67 bits per heavy atom. The van der Waals surface area contributed by atoms with Gasteiger partial charge in [0.15, 0.2) is 0 Å². The number of amides is 2. The van der Waals surface area contributed by atoms with Gasteiger partial charge < -0.3 is 15.7 Å². The summed E-state index contributed by atoms with van der Waals surface area (Å²) in [5.74, 6) is -1.10. The number of hydrogen-bond acceptors (Lipinski definition) is 3. The van der Waals surface area contributed by atoms with Crippen LogP contribution in [0.25, 0.3) is 0 Å². The molecule has 7 heteroatoms. The van der Waals surface area contributed by atoms with Crippen molar-refractivity contribution in [1.82, 2.24) is 5.32 Å². The normalized spacial score (nSPS) is 12.9. The van der Waals surface area contributed by atoms with Crippen LogP contribution in [0.5, 0.6) is 0 Å². The Kier molecular flexibility index (Phi) is 5.73. The highest BCUT2D eigenvalue weighted by Crippen LogP contribution is 2.20. The molecule has 1 aromatic rings. The van der Waals surface area contributed by atoms with E-state index in [1.54, 1.807) is 18.2 Å². The second-order valence-electron chi connectivity index (χ2n) is 4.77. The lowest BCUT2D eigenvalue weighted by Gasteiger charge is -2.25. The Morgan fingerprint density at radius 2 is 2.14 bits per heavy atom. The third-order valence-corrected chi connectivity index (χ3v) is 3.45. The standard InChI is InChI=1S/C14H16BrN3O3/c1-3-6-14(2,12(19)20)18-13(21)17-11-5-4-10(15)7-9(11)8-16/h4-5,7H,3,6H2,1-2H3,(H,19,20)(H2,17,18,21). The van der Waals surface area contributed by atoms with Crippen molar-refractivity contribution in [3.05, 3.63) is 28.2 Å². The molecule has 1 unspecified atom stereocenters. The third-order valence-electron chi connectivity index (χ3n) is 2.96. The van der Waals surface area contributed by atoms with Crippen LogP contribution in [0.15, 0.2) is 22.7 Å². The summed E-state index contributed by atoms with van der Waals surface area (Å²) >= 11 is 3.23. The lowest BCUT2D eigenvalue weighted by atomic mass is 9.97. The maximum absolute atomic E-state index is 12.0. The van der Waals surface area contributed by atoms with E-state index in [1.165, 1.54) is 6.92 Å². The average Bonchev–Trinajstić information content (AvgIpc) is 2.40. The number of aliphatic carboxylic acids is 1. The molecule has 2 amide bonds. The molecule has 1 aromatic carbocycles. The van der Waals surface area contributed by atoms with Gasteiger partial charge in [-0.25, -0.2) is 9.59 Å². The monoisotopic (exact) mass is 353 g/mol. The van der Waals surface area contributed by atoms with Gasteiger partial charge in [0.2, 0.25) is 0 Å². The molecular formula is C14H16BrN3O3. The van der Waals surface area contributed by atoms with Crippen LogP contribution in [0.2, 0.25) is 0 Å². The number of carboxylic acid groups (broad SMARTS) is 1. The number of carbonyl (C=O) groups excluding carboxylic acids is 1. The molecule has 1 atom stereocenters. The molecular weight excluding hydrogens is 338 g/mol. The second-order valence-corrected chi connectivity index (χ2v) is 5.68.